The van der Waals surface area contributed by atoms with Crippen LogP contribution in [0, 0.1) is 0 Å². The van der Waals surface area contributed by atoms with Gasteiger partial charge in [0.25, 0.3) is 0 Å². The topological polar surface area (TPSA) is 24.9 Å². The minimum absolute atomic E-state index is 0.278. The van der Waals surface area contributed by atoms with Crippen molar-refractivity contribution in [2.45, 2.75) is 19.5 Å². The van der Waals surface area contributed by atoms with Crippen LogP contribution in [0.5, 0.6) is 0 Å². The molecule has 16 heavy (non-hydrogen) atoms. The van der Waals surface area contributed by atoms with Gasteiger partial charge in [0.2, 0.25) is 0 Å². The first-order chi connectivity index (χ1) is 7.75. The summed E-state index contributed by atoms with van der Waals surface area (Å²) in [5.74, 6) is 0. The molecule has 0 aliphatic rings. The number of thiazole rings is 1. The zero-order valence-electron chi connectivity index (χ0n) is 8.98. The number of benzene rings is 1. The Balaban J connectivity index is 1.95. The zero-order valence-corrected chi connectivity index (χ0v) is 10.6. The van der Waals surface area contributed by atoms with Gasteiger partial charge in [0, 0.05) is 23.0 Å². The number of rotatable bonds is 4. The summed E-state index contributed by atoms with van der Waals surface area (Å²) in [5.41, 5.74) is 4.13. The van der Waals surface area contributed by atoms with Crippen LogP contribution in [0.1, 0.15) is 24.2 Å². The molecule has 0 aliphatic heterocycles. The van der Waals surface area contributed by atoms with Crippen molar-refractivity contribution in [1.82, 2.24) is 10.3 Å². The standard InChI is InChI=1S/C12H13ClN2S/c1-9(10-3-2-4-11(13)5-10)14-6-12-7-16-8-15-12/h2-5,7-9,14H,6H2,1H3/t9-/m1/s1. The first-order valence-corrected chi connectivity index (χ1v) is 6.43. The Kier molecular flexibility index (Phi) is 3.93. The van der Waals surface area contributed by atoms with E-state index in [1.54, 1.807) is 11.3 Å². The Morgan fingerprint density at radius 2 is 2.38 bits per heavy atom. The van der Waals surface area contributed by atoms with Crippen molar-refractivity contribution >= 4 is 22.9 Å². The molecule has 0 unspecified atom stereocenters. The molecular formula is C12H13ClN2S. The van der Waals surface area contributed by atoms with Gasteiger partial charge in [-0.2, -0.15) is 0 Å². The smallest absolute Gasteiger partial charge is 0.0795 e. The summed E-state index contributed by atoms with van der Waals surface area (Å²) in [4.78, 5) is 4.23. The van der Waals surface area contributed by atoms with E-state index >= 15 is 0 Å². The van der Waals surface area contributed by atoms with E-state index in [1.165, 1.54) is 5.56 Å². The van der Waals surface area contributed by atoms with Crippen LogP contribution in [-0.2, 0) is 6.54 Å². The number of aromatic nitrogens is 1. The first kappa shape index (κ1) is 11.6. The summed E-state index contributed by atoms with van der Waals surface area (Å²) in [6.07, 6.45) is 0. The molecule has 0 saturated carbocycles. The number of hydrogen-bond donors (Lipinski definition) is 1. The summed E-state index contributed by atoms with van der Waals surface area (Å²) in [6, 6.07) is 8.20. The number of nitrogens with zero attached hydrogens (tertiary/aromatic N) is 1. The molecule has 0 spiro atoms. The molecule has 1 atom stereocenters. The van der Waals surface area contributed by atoms with Crippen LogP contribution in [0.15, 0.2) is 35.2 Å². The van der Waals surface area contributed by atoms with Gasteiger partial charge in [0.05, 0.1) is 11.2 Å². The fraction of sp³-hybridized carbons (Fsp3) is 0.250. The second kappa shape index (κ2) is 5.43. The largest absolute Gasteiger partial charge is 0.305 e. The predicted molar refractivity (Wildman–Crippen MR) is 68.8 cm³/mol. The first-order valence-electron chi connectivity index (χ1n) is 5.11. The molecule has 1 heterocycles. The fourth-order valence-electron chi connectivity index (χ4n) is 1.48. The molecule has 84 valence electrons. The van der Waals surface area contributed by atoms with E-state index in [-0.39, 0.29) is 6.04 Å². The van der Waals surface area contributed by atoms with E-state index in [1.807, 2.05) is 23.7 Å². The van der Waals surface area contributed by atoms with Crippen molar-refractivity contribution in [3.05, 3.63) is 51.4 Å². The molecular weight excluding hydrogens is 240 g/mol. The SMILES string of the molecule is C[C@@H](NCc1cscn1)c1cccc(Cl)c1. The van der Waals surface area contributed by atoms with E-state index in [0.29, 0.717) is 0 Å². The highest BCUT2D eigenvalue weighted by Crippen LogP contribution is 2.17. The zero-order chi connectivity index (χ0) is 11.4. The molecule has 2 rings (SSSR count). The highest BCUT2D eigenvalue weighted by molar-refractivity contribution is 7.07. The number of halogens is 1. The maximum atomic E-state index is 5.95. The normalized spacial score (nSPS) is 12.6. The van der Waals surface area contributed by atoms with Gasteiger partial charge < -0.3 is 5.32 Å². The third-order valence-electron chi connectivity index (χ3n) is 2.42. The Bertz CT molecular complexity index is 442. The van der Waals surface area contributed by atoms with Crippen LogP contribution >= 0.6 is 22.9 Å². The molecule has 0 saturated heterocycles. The monoisotopic (exact) mass is 252 g/mol. The third kappa shape index (κ3) is 3.04. The maximum Gasteiger partial charge on any atom is 0.0795 e. The number of nitrogens with one attached hydrogen (secondary N) is 1. The fourth-order valence-corrected chi connectivity index (χ4v) is 2.23. The minimum Gasteiger partial charge on any atom is -0.305 e. The molecule has 0 radical (unpaired) electrons. The van der Waals surface area contributed by atoms with Crippen LogP contribution in [0.2, 0.25) is 5.02 Å². The highest BCUT2D eigenvalue weighted by Gasteiger charge is 2.05. The Labute approximate surface area is 104 Å². The molecule has 1 aromatic heterocycles. The average Bonchev–Trinajstić information content (AvgIpc) is 2.78. The molecule has 2 nitrogen and oxygen atoms in total. The Hall–Kier alpha value is -0.900. The van der Waals surface area contributed by atoms with Gasteiger partial charge in [0.1, 0.15) is 0 Å². The Morgan fingerprint density at radius 3 is 3.06 bits per heavy atom. The average molecular weight is 253 g/mol. The van der Waals surface area contributed by atoms with Crippen LogP contribution in [-0.4, -0.2) is 4.98 Å². The second-order valence-electron chi connectivity index (χ2n) is 3.64. The van der Waals surface area contributed by atoms with Crippen LogP contribution < -0.4 is 5.32 Å². The van der Waals surface area contributed by atoms with Crippen molar-refractivity contribution in [2.24, 2.45) is 0 Å². The molecule has 0 fully saturated rings. The number of hydrogen-bond acceptors (Lipinski definition) is 3. The van der Waals surface area contributed by atoms with Gasteiger partial charge in [0.15, 0.2) is 0 Å². The molecule has 4 heteroatoms. The predicted octanol–water partition coefficient (Wildman–Crippen LogP) is 3.65. The van der Waals surface area contributed by atoms with E-state index in [0.717, 1.165) is 17.3 Å². The second-order valence-corrected chi connectivity index (χ2v) is 4.79. The van der Waals surface area contributed by atoms with Crippen molar-refractivity contribution in [2.75, 3.05) is 0 Å². The van der Waals surface area contributed by atoms with E-state index in [9.17, 15) is 0 Å². The van der Waals surface area contributed by atoms with Gasteiger partial charge in [-0.25, -0.2) is 4.98 Å². The molecule has 2 aromatic rings. The summed E-state index contributed by atoms with van der Waals surface area (Å²) in [5, 5.41) is 6.24. The Morgan fingerprint density at radius 1 is 1.50 bits per heavy atom. The van der Waals surface area contributed by atoms with Gasteiger partial charge in [-0.3, -0.25) is 0 Å². The lowest BCUT2D eigenvalue weighted by atomic mass is 10.1. The van der Waals surface area contributed by atoms with Crippen molar-refractivity contribution in [3.8, 4) is 0 Å². The molecule has 0 bridgehead atoms. The van der Waals surface area contributed by atoms with Crippen LogP contribution in [0.25, 0.3) is 0 Å². The molecule has 0 aliphatic carbocycles. The molecule has 1 N–H and O–H groups in total. The maximum absolute atomic E-state index is 5.95. The van der Waals surface area contributed by atoms with Crippen LogP contribution in [0.4, 0.5) is 0 Å². The quantitative estimate of drug-likeness (QED) is 0.899. The minimum atomic E-state index is 0.278. The van der Waals surface area contributed by atoms with Gasteiger partial charge in [-0.1, -0.05) is 23.7 Å². The summed E-state index contributed by atoms with van der Waals surface area (Å²) >= 11 is 7.57. The van der Waals surface area contributed by atoms with Crippen LogP contribution in [0.3, 0.4) is 0 Å². The molecule has 1 aromatic carbocycles. The summed E-state index contributed by atoms with van der Waals surface area (Å²) in [6.45, 7) is 2.91. The van der Waals surface area contributed by atoms with E-state index in [2.05, 4.69) is 28.7 Å². The molecule has 0 amide bonds. The van der Waals surface area contributed by atoms with Crippen molar-refractivity contribution < 1.29 is 0 Å². The van der Waals surface area contributed by atoms with Gasteiger partial charge in [-0.15, -0.1) is 11.3 Å². The summed E-state index contributed by atoms with van der Waals surface area (Å²) < 4.78 is 0. The van der Waals surface area contributed by atoms with E-state index in [4.69, 9.17) is 11.6 Å². The lowest BCUT2D eigenvalue weighted by Crippen LogP contribution is -2.18. The van der Waals surface area contributed by atoms with E-state index < -0.39 is 0 Å². The lowest BCUT2D eigenvalue weighted by molar-refractivity contribution is 0.569. The highest BCUT2D eigenvalue weighted by atomic mass is 35.5. The summed E-state index contributed by atoms with van der Waals surface area (Å²) in [7, 11) is 0. The van der Waals surface area contributed by atoms with Crippen molar-refractivity contribution in [3.63, 3.8) is 0 Å². The van der Waals surface area contributed by atoms with Gasteiger partial charge >= 0.3 is 0 Å². The third-order valence-corrected chi connectivity index (χ3v) is 3.29. The lowest BCUT2D eigenvalue weighted by Gasteiger charge is -2.13. The van der Waals surface area contributed by atoms with Crippen molar-refractivity contribution in [1.29, 1.82) is 0 Å². The van der Waals surface area contributed by atoms with Gasteiger partial charge in [-0.05, 0) is 24.6 Å².